The Hall–Kier alpha value is -2.76. The van der Waals surface area contributed by atoms with Gasteiger partial charge in [-0.25, -0.2) is 4.99 Å². The summed E-state index contributed by atoms with van der Waals surface area (Å²) in [5.41, 5.74) is 2.54. The van der Waals surface area contributed by atoms with Gasteiger partial charge < -0.3 is 4.74 Å². The number of para-hydroxylation sites is 1. The summed E-state index contributed by atoms with van der Waals surface area (Å²) in [5.74, 6) is 2.51. The van der Waals surface area contributed by atoms with Gasteiger partial charge in [-0.15, -0.1) is 0 Å². The molecule has 0 saturated carbocycles. The Labute approximate surface area is 193 Å². The van der Waals surface area contributed by atoms with Gasteiger partial charge in [-0.3, -0.25) is 9.89 Å². The summed E-state index contributed by atoms with van der Waals surface area (Å²) in [6.07, 6.45) is 2.76. The summed E-state index contributed by atoms with van der Waals surface area (Å²) in [7, 11) is 1.80. The van der Waals surface area contributed by atoms with Crippen LogP contribution in [0.3, 0.4) is 0 Å². The van der Waals surface area contributed by atoms with Crippen molar-refractivity contribution in [2.45, 2.75) is 19.9 Å². The first kappa shape index (κ1) is 22.9. The van der Waals surface area contributed by atoms with Crippen molar-refractivity contribution in [3.05, 3.63) is 94.5 Å². The molecule has 0 spiro atoms. The number of benzene rings is 3. The molecule has 0 radical (unpaired) electrons. The highest BCUT2D eigenvalue weighted by molar-refractivity contribution is 9.10. The third-order valence-corrected chi connectivity index (χ3v) is 5.37. The monoisotopic (exact) mass is 477 g/mol. The molecule has 0 atom stereocenters. The zero-order valence-electron chi connectivity index (χ0n) is 18.0. The Kier molecular flexibility index (Phi) is 9.00. The van der Waals surface area contributed by atoms with Gasteiger partial charge in [0, 0.05) is 30.8 Å². The number of aliphatic imine (C=N–C) groups is 2. The van der Waals surface area contributed by atoms with Crippen LogP contribution < -0.4 is 4.74 Å². The van der Waals surface area contributed by atoms with Crippen LogP contribution in [-0.2, 0) is 13.0 Å². The lowest BCUT2D eigenvalue weighted by Crippen LogP contribution is -2.31. The van der Waals surface area contributed by atoms with Crippen LogP contribution in [0.25, 0.3) is 0 Å². The van der Waals surface area contributed by atoms with Crippen molar-refractivity contribution in [3.8, 4) is 11.5 Å². The maximum atomic E-state index is 5.91. The van der Waals surface area contributed by atoms with Crippen LogP contribution in [0.5, 0.6) is 11.5 Å². The fraction of sp³-hybridized carbons (Fsp3) is 0.231. The second kappa shape index (κ2) is 12.2. The Morgan fingerprint density at radius 1 is 0.903 bits per heavy atom. The van der Waals surface area contributed by atoms with E-state index in [4.69, 9.17) is 4.74 Å². The van der Waals surface area contributed by atoms with Gasteiger partial charge in [0.2, 0.25) is 0 Å². The molecule has 5 heteroatoms. The van der Waals surface area contributed by atoms with E-state index in [0.717, 1.165) is 41.3 Å². The zero-order valence-corrected chi connectivity index (χ0v) is 19.6. The van der Waals surface area contributed by atoms with E-state index in [9.17, 15) is 0 Å². The average molecular weight is 478 g/mol. The summed E-state index contributed by atoms with van der Waals surface area (Å²) in [6, 6.07) is 26.6. The Morgan fingerprint density at radius 3 is 2.19 bits per heavy atom. The predicted octanol–water partition coefficient (Wildman–Crippen LogP) is 6.41. The van der Waals surface area contributed by atoms with Gasteiger partial charge in [-0.2, -0.15) is 0 Å². The Morgan fingerprint density at radius 2 is 1.55 bits per heavy atom. The quantitative estimate of drug-likeness (QED) is 0.264. The first-order valence-corrected chi connectivity index (χ1v) is 11.2. The highest BCUT2D eigenvalue weighted by Gasteiger charge is 2.10. The molecule has 0 aromatic heterocycles. The van der Waals surface area contributed by atoms with Crippen molar-refractivity contribution < 1.29 is 4.74 Å². The highest BCUT2D eigenvalue weighted by atomic mass is 79.9. The number of halogens is 1. The lowest BCUT2D eigenvalue weighted by Gasteiger charge is -2.22. The van der Waals surface area contributed by atoms with Gasteiger partial charge in [0.15, 0.2) is 0 Å². The summed E-state index contributed by atoms with van der Waals surface area (Å²) in [6.45, 7) is 4.37. The third-order valence-electron chi connectivity index (χ3n) is 4.84. The summed E-state index contributed by atoms with van der Waals surface area (Å²) in [4.78, 5) is 11.1. The van der Waals surface area contributed by atoms with Crippen LogP contribution in [-0.4, -0.2) is 37.1 Å². The first-order chi connectivity index (χ1) is 15.2. The molecule has 31 heavy (non-hydrogen) atoms. The Balaban J connectivity index is 1.66. The molecule has 0 aliphatic heterocycles. The minimum absolute atomic E-state index is 0.708. The number of nitrogens with zero attached hydrogens (tertiary/aromatic N) is 3. The molecule has 0 saturated heterocycles. The fourth-order valence-corrected chi connectivity index (χ4v) is 3.48. The molecule has 3 aromatic carbocycles. The van der Waals surface area contributed by atoms with Crippen LogP contribution in [0.2, 0.25) is 0 Å². The molecule has 3 aromatic rings. The molecule has 0 unspecified atom stereocenters. The number of amidine groups is 1. The SMILES string of the molecule is CC=NC(CN(CCc1ccc(Br)cc1)Cc1ccc(Oc2ccccc2)cc1)=NC. The lowest BCUT2D eigenvalue weighted by atomic mass is 10.1. The van der Waals surface area contributed by atoms with Crippen molar-refractivity contribution in [1.82, 2.24) is 4.90 Å². The smallest absolute Gasteiger partial charge is 0.136 e. The second-order valence-corrected chi connectivity index (χ2v) is 8.09. The second-order valence-electron chi connectivity index (χ2n) is 7.17. The molecule has 0 N–H and O–H groups in total. The van der Waals surface area contributed by atoms with E-state index in [-0.39, 0.29) is 0 Å². The normalized spacial score (nSPS) is 11.9. The summed E-state index contributed by atoms with van der Waals surface area (Å²) in [5, 5.41) is 0. The van der Waals surface area contributed by atoms with Gasteiger partial charge in [0.05, 0.1) is 6.54 Å². The maximum Gasteiger partial charge on any atom is 0.136 e. The summed E-state index contributed by atoms with van der Waals surface area (Å²) < 4.78 is 7.01. The summed E-state index contributed by atoms with van der Waals surface area (Å²) >= 11 is 3.50. The average Bonchev–Trinajstić information content (AvgIpc) is 2.80. The molecule has 0 aliphatic carbocycles. The van der Waals surface area contributed by atoms with E-state index < -0.39 is 0 Å². The van der Waals surface area contributed by atoms with E-state index in [1.165, 1.54) is 11.1 Å². The van der Waals surface area contributed by atoms with E-state index >= 15 is 0 Å². The van der Waals surface area contributed by atoms with Crippen LogP contribution in [0.15, 0.2) is 93.3 Å². The molecular formula is C26H28BrN3O. The largest absolute Gasteiger partial charge is 0.457 e. The van der Waals surface area contributed by atoms with Gasteiger partial charge in [0.25, 0.3) is 0 Å². The molecule has 0 bridgehead atoms. The predicted molar refractivity (Wildman–Crippen MR) is 134 cm³/mol. The Bertz CT molecular complexity index is 983. The van der Waals surface area contributed by atoms with Gasteiger partial charge in [-0.05, 0) is 60.9 Å². The third kappa shape index (κ3) is 7.78. The van der Waals surface area contributed by atoms with E-state index in [1.54, 1.807) is 13.3 Å². The van der Waals surface area contributed by atoms with Gasteiger partial charge in [-0.1, -0.05) is 58.4 Å². The molecular weight excluding hydrogens is 450 g/mol. The fourth-order valence-electron chi connectivity index (χ4n) is 3.22. The highest BCUT2D eigenvalue weighted by Crippen LogP contribution is 2.21. The molecule has 160 valence electrons. The minimum atomic E-state index is 0.708. The molecule has 0 fully saturated rings. The number of rotatable bonds is 9. The maximum absolute atomic E-state index is 5.91. The van der Waals surface area contributed by atoms with E-state index in [1.807, 2.05) is 49.4 Å². The van der Waals surface area contributed by atoms with Crippen molar-refractivity contribution in [3.63, 3.8) is 0 Å². The molecule has 0 aliphatic rings. The molecule has 4 nitrogen and oxygen atoms in total. The molecule has 0 heterocycles. The van der Waals surface area contributed by atoms with Crippen LogP contribution in [0, 0.1) is 0 Å². The van der Waals surface area contributed by atoms with Crippen LogP contribution in [0.1, 0.15) is 18.1 Å². The van der Waals surface area contributed by atoms with Crippen LogP contribution >= 0.6 is 15.9 Å². The lowest BCUT2D eigenvalue weighted by molar-refractivity contribution is 0.306. The number of ether oxygens (including phenoxy) is 1. The number of hydrogen-bond acceptors (Lipinski definition) is 3. The topological polar surface area (TPSA) is 37.2 Å². The van der Waals surface area contributed by atoms with Crippen molar-refractivity contribution in [2.24, 2.45) is 9.98 Å². The standard InChI is InChI=1S/C26H28BrN3O/c1-3-29-26(28-2)20-30(18-17-21-9-13-23(27)14-10-21)19-22-11-15-25(16-12-22)31-24-7-5-4-6-8-24/h3-16H,17-20H2,1-2H3. The molecule has 0 amide bonds. The van der Waals surface area contributed by atoms with Crippen molar-refractivity contribution >= 4 is 28.0 Å². The first-order valence-electron chi connectivity index (χ1n) is 10.4. The minimum Gasteiger partial charge on any atom is -0.457 e. The van der Waals surface area contributed by atoms with Crippen LogP contribution in [0.4, 0.5) is 0 Å². The van der Waals surface area contributed by atoms with E-state index in [0.29, 0.717) is 6.54 Å². The van der Waals surface area contributed by atoms with Crippen molar-refractivity contribution in [2.75, 3.05) is 20.1 Å². The van der Waals surface area contributed by atoms with Crippen molar-refractivity contribution in [1.29, 1.82) is 0 Å². The van der Waals surface area contributed by atoms with E-state index in [2.05, 4.69) is 67.2 Å². The number of hydrogen-bond donors (Lipinski definition) is 0. The molecule has 3 rings (SSSR count). The van der Waals surface area contributed by atoms with Gasteiger partial charge in [0.1, 0.15) is 17.3 Å². The zero-order chi connectivity index (χ0) is 21.9. The van der Waals surface area contributed by atoms with Gasteiger partial charge >= 0.3 is 0 Å².